The summed E-state index contributed by atoms with van der Waals surface area (Å²) in [6.07, 6.45) is 0. The third-order valence-corrected chi connectivity index (χ3v) is 0.991. The van der Waals surface area contributed by atoms with Crippen LogP contribution in [0.4, 0.5) is 4.39 Å². The molecule has 11 heavy (non-hydrogen) atoms. The molecular weight excluding hydrogens is 169 g/mol. The van der Waals surface area contributed by atoms with Crippen LogP contribution in [-0.2, 0) is 0 Å². The summed E-state index contributed by atoms with van der Waals surface area (Å²) in [6.45, 7) is 0. The largest absolute Gasteiger partial charge is 0.382 e. The highest BCUT2D eigenvalue weighted by atomic mass is 35.5. The highest BCUT2D eigenvalue weighted by Gasteiger charge is 1.97. The van der Waals surface area contributed by atoms with E-state index in [0.29, 0.717) is 0 Å². The van der Waals surface area contributed by atoms with Crippen molar-refractivity contribution in [2.24, 2.45) is 5.73 Å². The first-order valence-electron chi connectivity index (χ1n) is 2.67. The van der Waals surface area contributed by atoms with Crippen LogP contribution in [0.2, 0.25) is 0 Å². The summed E-state index contributed by atoms with van der Waals surface area (Å²) in [5.41, 5.74) is 5.20. The van der Waals surface area contributed by atoms with Crippen molar-refractivity contribution in [1.82, 2.24) is 4.98 Å². The van der Waals surface area contributed by atoms with Crippen molar-refractivity contribution in [2.45, 2.75) is 0 Å². The molecule has 0 bridgehead atoms. The molecule has 0 aliphatic heterocycles. The Morgan fingerprint density at radius 1 is 1.55 bits per heavy atom. The highest BCUT2D eigenvalue weighted by molar-refractivity contribution is 5.92. The second-order valence-electron chi connectivity index (χ2n) is 1.76. The molecule has 3 N–H and O–H groups in total. The molecule has 0 fully saturated rings. The van der Waals surface area contributed by atoms with E-state index >= 15 is 0 Å². The van der Waals surface area contributed by atoms with Gasteiger partial charge in [-0.2, -0.15) is 4.39 Å². The third kappa shape index (κ3) is 2.51. The predicted molar refractivity (Wildman–Crippen MR) is 42.5 cm³/mol. The van der Waals surface area contributed by atoms with Gasteiger partial charge in [-0.1, -0.05) is 6.07 Å². The normalized spacial score (nSPS) is 8.45. The van der Waals surface area contributed by atoms with Crippen LogP contribution in [0.15, 0.2) is 18.2 Å². The topological polar surface area (TPSA) is 62.8 Å². The molecule has 0 spiro atoms. The lowest BCUT2D eigenvalue weighted by atomic mass is 10.3. The zero-order valence-corrected chi connectivity index (χ0v) is 6.36. The minimum absolute atomic E-state index is 0. The van der Waals surface area contributed by atoms with Crippen LogP contribution in [0.3, 0.4) is 0 Å². The second kappa shape index (κ2) is 3.88. The van der Waals surface area contributed by atoms with Crippen LogP contribution < -0.4 is 5.73 Å². The number of halogens is 2. The molecule has 0 unspecified atom stereocenters. The van der Waals surface area contributed by atoms with Crippen LogP contribution in [-0.4, -0.2) is 10.8 Å². The van der Waals surface area contributed by atoms with E-state index in [4.69, 9.17) is 11.1 Å². The van der Waals surface area contributed by atoms with E-state index in [1.807, 2.05) is 0 Å². The van der Waals surface area contributed by atoms with Crippen LogP contribution in [0, 0.1) is 11.4 Å². The van der Waals surface area contributed by atoms with Gasteiger partial charge in [0.25, 0.3) is 0 Å². The first kappa shape index (κ1) is 9.84. The molecular formula is C6H7ClFN3. The molecule has 1 aromatic rings. The van der Waals surface area contributed by atoms with Crippen LogP contribution >= 0.6 is 12.4 Å². The summed E-state index contributed by atoms with van der Waals surface area (Å²) in [4.78, 5) is 3.36. The van der Waals surface area contributed by atoms with Gasteiger partial charge in [0.15, 0.2) is 0 Å². The molecule has 0 saturated heterocycles. The molecule has 1 rings (SSSR count). The number of hydrogen-bond acceptors (Lipinski definition) is 2. The number of nitrogens with zero attached hydrogens (tertiary/aromatic N) is 1. The molecule has 0 aliphatic rings. The lowest BCUT2D eigenvalue weighted by Gasteiger charge is -1.94. The van der Waals surface area contributed by atoms with E-state index in [1.54, 1.807) is 0 Å². The minimum atomic E-state index is -0.618. The molecule has 0 aliphatic carbocycles. The van der Waals surface area contributed by atoms with Gasteiger partial charge in [0.1, 0.15) is 11.5 Å². The smallest absolute Gasteiger partial charge is 0.213 e. The predicted octanol–water partition coefficient (Wildman–Crippen LogP) is 0.927. The average Bonchev–Trinajstić information content (AvgIpc) is 1.88. The summed E-state index contributed by atoms with van der Waals surface area (Å²) in [5.74, 6) is -0.841. The summed E-state index contributed by atoms with van der Waals surface area (Å²) in [6, 6.07) is 4.14. The van der Waals surface area contributed by atoms with Gasteiger partial charge in [-0.25, -0.2) is 4.98 Å². The van der Waals surface area contributed by atoms with Gasteiger partial charge in [-0.15, -0.1) is 12.4 Å². The van der Waals surface area contributed by atoms with E-state index in [1.165, 1.54) is 18.2 Å². The van der Waals surface area contributed by atoms with Gasteiger partial charge >= 0.3 is 0 Å². The molecule has 5 heteroatoms. The number of pyridine rings is 1. The first-order valence-corrected chi connectivity index (χ1v) is 2.67. The van der Waals surface area contributed by atoms with Gasteiger partial charge in [-0.3, -0.25) is 5.41 Å². The van der Waals surface area contributed by atoms with Gasteiger partial charge in [0.05, 0.1) is 0 Å². The summed E-state index contributed by atoms with van der Waals surface area (Å²) >= 11 is 0. The van der Waals surface area contributed by atoms with Crippen molar-refractivity contribution >= 4 is 18.2 Å². The van der Waals surface area contributed by atoms with Crippen molar-refractivity contribution in [3.8, 4) is 0 Å². The zero-order valence-electron chi connectivity index (χ0n) is 5.54. The van der Waals surface area contributed by atoms with E-state index in [9.17, 15) is 4.39 Å². The van der Waals surface area contributed by atoms with E-state index in [-0.39, 0.29) is 23.9 Å². The van der Waals surface area contributed by atoms with E-state index in [0.717, 1.165) is 0 Å². The summed E-state index contributed by atoms with van der Waals surface area (Å²) in [7, 11) is 0. The number of nitrogen functional groups attached to an aromatic ring is 1. The molecule has 1 aromatic heterocycles. The number of amidine groups is 1. The lowest BCUT2D eigenvalue weighted by Crippen LogP contribution is -2.13. The van der Waals surface area contributed by atoms with Crippen LogP contribution in [0.5, 0.6) is 0 Å². The Labute approximate surface area is 69.4 Å². The molecule has 60 valence electrons. The molecule has 1 heterocycles. The Kier molecular flexibility index (Phi) is 3.47. The van der Waals surface area contributed by atoms with Gasteiger partial charge < -0.3 is 5.73 Å². The maximum Gasteiger partial charge on any atom is 0.213 e. The zero-order chi connectivity index (χ0) is 7.56. The first-order chi connectivity index (χ1) is 4.70. The lowest BCUT2D eigenvalue weighted by molar-refractivity contribution is 0.582. The fraction of sp³-hybridized carbons (Fsp3) is 0. The van der Waals surface area contributed by atoms with E-state index < -0.39 is 5.95 Å². The third-order valence-electron chi connectivity index (χ3n) is 0.991. The Morgan fingerprint density at radius 3 is 2.55 bits per heavy atom. The van der Waals surface area contributed by atoms with Gasteiger partial charge in [0.2, 0.25) is 5.95 Å². The second-order valence-corrected chi connectivity index (χ2v) is 1.76. The van der Waals surface area contributed by atoms with Crippen molar-refractivity contribution in [3.63, 3.8) is 0 Å². The number of aromatic nitrogens is 1. The maximum atomic E-state index is 12.3. The molecule has 0 aromatic carbocycles. The minimum Gasteiger partial charge on any atom is -0.382 e. The Balaban J connectivity index is 0.000001000. The van der Waals surface area contributed by atoms with Gasteiger partial charge in [-0.05, 0) is 12.1 Å². The number of rotatable bonds is 1. The van der Waals surface area contributed by atoms with Crippen molar-refractivity contribution in [2.75, 3.05) is 0 Å². The fourth-order valence-electron chi connectivity index (χ4n) is 0.558. The average molecular weight is 176 g/mol. The Morgan fingerprint density at radius 2 is 2.18 bits per heavy atom. The van der Waals surface area contributed by atoms with Crippen molar-refractivity contribution in [1.29, 1.82) is 5.41 Å². The van der Waals surface area contributed by atoms with Crippen LogP contribution in [0.25, 0.3) is 0 Å². The molecule has 0 atom stereocenters. The number of nitrogens with one attached hydrogen (secondary N) is 1. The fourth-order valence-corrected chi connectivity index (χ4v) is 0.558. The highest BCUT2D eigenvalue weighted by Crippen LogP contribution is 1.95. The number of nitrogens with two attached hydrogens (primary N) is 1. The monoisotopic (exact) mass is 175 g/mol. The van der Waals surface area contributed by atoms with Crippen LogP contribution in [0.1, 0.15) is 5.69 Å². The molecule has 3 nitrogen and oxygen atoms in total. The van der Waals surface area contributed by atoms with Crippen molar-refractivity contribution < 1.29 is 4.39 Å². The van der Waals surface area contributed by atoms with Crippen molar-refractivity contribution in [3.05, 3.63) is 29.8 Å². The van der Waals surface area contributed by atoms with Gasteiger partial charge in [0, 0.05) is 0 Å². The molecule has 0 amide bonds. The standard InChI is InChI=1S/C6H6FN3.ClH/c7-5-3-1-2-4(10-5)6(8)9;/h1-3H,(H3,8,9);1H. The Bertz CT molecular complexity index is 264. The Hall–Kier alpha value is -1.16. The summed E-state index contributed by atoms with van der Waals surface area (Å²) in [5, 5.41) is 6.88. The molecule has 0 saturated carbocycles. The quantitative estimate of drug-likeness (QED) is 0.379. The molecule has 0 radical (unpaired) electrons. The maximum absolute atomic E-state index is 12.3. The summed E-state index contributed by atoms with van der Waals surface area (Å²) < 4.78 is 12.3. The van der Waals surface area contributed by atoms with E-state index in [2.05, 4.69) is 4.98 Å². The number of hydrogen-bond donors (Lipinski definition) is 2. The SMILES string of the molecule is Cl.N=C(N)c1cccc(F)n1.